The quantitative estimate of drug-likeness (QED) is 0.610. The number of carbonyl (C=O) groups excluding carboxylic acids is 2. The van der Waals surface area contributed by atoms with Crippen molar-refractivity contribution in [2.45, 2.75) is 12.8 Å². The Morgan fingerprint density at radius 3 is 2.48 bits per heavy atom. The molecule has 0 unspecified atom stereocenters. The number of hydrogen-bond donors (Lipinski definition) is 0. The molecule has 0 saturated carbocycles. The minimum atomic E-state index is -0.320. The van der Waals surface area contributed by atoms with E-state index in [9.17, 15) is 14.0 Å². The fourth-order valence-corrected chi connectivity index (χ4v) is 3.97. The summed E-state index contributed by atoms with van der Waals surface area (Å²) in [6, 6.07) is 5.80. The summed E-state index contributed by atoms with van der Waals surface area (Å²) in [5, 5.41) is 0. The van der Waals surface area contributed by atoms with E-state index in [2.05, 4.69) is 16.7 Å². The van der Waals surface area contributed by atoms with Gasteiger partial charge in [-0.3, -0.25) is 14.5 Å². The Morgan fingerprint density at radius 1 is 1.16 bits per heavy atom. The number of carbonyl (C=O) groups is 2. The Bertz CT molecular complexity index is 688. The van der Waals surface area contributed by atoms with Crippen molar-refractivity contribution in [1.82, 2.24) is 9.80 Å². The van der Waals surface area contributed by atoms with Crippen molar-refractivity contribution in [3.05, 3.63) is 35.6 Å². The molecule has 0 radical (unpaired) electrons. The van der Waals surface area contributed by atoms with Crippen LogP contribution in [0.2, 0.25) is 0 Å². The number of ketones is 1. The molecule has 0 N–H and O–H groups in total. The number of piperidine rings is 1. The SMILES string of the molecule is O=C(c1ccc(F)cc1)C1CCN(CC#CCN2CSCC2=O)CC1. The van der Waals surface area contributed by atoms with Gasteiger partial charge in [0.1, 0.15) is 5.82 Å². The van der Waals surface area contributed by atoms with Gasteiger partial charge in [0, 0.05) is 11.5 Å². The third-order valence-corrected chi connectivity index (χ3v) is 5.56. The third kappa shape index (κ3) is 4.83. The van der Waals surface area contributed by atoms with Crippen molar-refractivity contribution in [3.8, 4) is 11.8 Å². The number of amides is 1. The normalized spacial score (nSPS) is 18.9. The molecule has 0 aliphatic carbocycles. The van der Waals surface area contributed by atoms with E-state index in [1.807, 2.05) is 0 Å². The summed E-state index contributed by atoms with van der Waals surface area (Å²) >= 11 is 1.62. The van der Waals surface area contributed by atoms with Crippen molar-refractivity contribution in [2.75, 3.05) is 37.8 Å². The number of thioether (sulfide) groups is 1. The summed E-state index contributed by atoms with van der Waals surface area (Å²) in [4.78, 5) is 27.9. The predicted molar refractivity (Wildman–Crippen MR) is 96.7 cm³/mol. The molecular weight excluding hydrogens is 339 g/mol. The molecule has 2 aliphatic rings. The summed E-state index contributed by atoms with van der Waals surface area (Å²) in [6.45, 7) is 2.85. The van der Waals surface area contributed by atoms with Gasteiger partial charge in [0.15, 0.2) is 5.78 Å². The maximum atomic E-state index is 13.0. The topological polar surface area (TPSA) is 40.6 Å². The Morgan fingerprint density at radius 2 is 1.84 bits per heavy atom. The Kier molecular flexibility index (Phi) is 6.11. The van der Waals surface area contributed by atoms with Crippen LogP contribution in [0.4, 0.5) is 4.39 Å². The van der Waals surface area contributed by atoms with Crippen molar-refractivity contribution in [2.24, 2.45) is 5.92 Å². The molecule has 0 atom stereocenters. The average molecular weight is 360 g/mol. The van der Waals surface area contributed by atoms with Crippen molar-refractivity contribution in [1.29, 1.82) is 0 Å². The zero-order valence-corrected chi connectivity index (χ0v) is 14.9. The highest BCUT2D eigenvalue weighted by atomic mass is 32.2. The van der Waals surface area contributed by atoms with E-state index in [0.717, 1.165) is 31.8 Å². The van der Waals surface area contributed by atoms with Crippen LogP contribution in [0.25, 0.3) is 0 Å². The van der Waals surface area contributed by atoms with Gasteiger partial charge in [0.25, 0.3) is 0 Å². The first-order valence-corrected chi connectivity index (χ1v) is 9.62. The van der Waals surface area contributed by atoms with Gasteiger partial charge in [0.2, 0.25) is 5.91 Å². The van der Waals surface area contributed by atoms with Crippen LogP contribution in [0.1, 0.15) is 23.2 Å². The Balaban J connectivity index is 1.42. The number of nitrogens with zero attached hydrogens (tertiary/aromatic N) is 2. The number of Topliss-reactive ketones (excluding diaryl/α,β-unsaturated/α-hetero) is 1. The molecule has 0 bridgehead atoms. The molecule has 2 aliphatic heterocycles. The van der Waals surface area contributed by atoms with Gasteiger partial charge in [0.05, 0.1) is 24.7 Å². The van der Waals surface area contributed by atoms with E-state index in [-0.39, 0.29) is 23.4 Å². The summed E-state index contributed by atoms with van der Waals surface area (Å²) < 4.78 is 13.0. The van der Waals surface area contributed by atoms with Crippen molar-refractivity contribution < 1.29 is 14.0 Å². The number of hydrogen-bond acceptors (Lipinski definition) is 4. The number of halogens is 1. The minimum Gasteiger partial charge on any atom is -0.322 e. The molecule has 2 saturated heterocycles. The maximum Gasteiger partial charge on any atom is 0.234 e. The maximum absolute atomic E-state index is 13.0. The molecule has 1 amide bonds. The molecular formula is C19H21FN2O2S. The van der Waals surface area contributed by atoms with Gasteiger partial charge >= 0.3 is 0 Å². The van der Waals surface area contributed by atoms with Gasteiger partial charge < -0.3 is 4.90 Å². The average Bonchev–Trinajstić information content (AvgIpc) is 3.04. The van der Waals surface area contributed by atoms with Crippen LogP contribution in [-0.2, 0) is 4.79 Å². The Hall–Kier alpha value is -1.84. The summed E-state index contributed by atoms with van der Waals surface area (Å²) in [7, 11) is 0. The first kappa shape index (κ1) is 18.0. The van der Waals surface area contributed by atoms with Crippen LogP contribution in [0.15, 0.2) is 24.3 Å². The fraction of sp³-hybridized carbons (Fsp3) is 0.474. The summed E-state index contributed by atoms with van der Waals surface area (Å²) in [6.07, 6.45) is 1.61. The summed E-state index contributed by atoms with van der Waals surface area (Å²) in [5.41, 5.74) is 0.591. The second kappa shape index (κ2) is 8.50. The first-order valence-electron chi connectivity index (χ1n) is 8.47. The molecule has 1 aromatic carbocycles. The lowest BCUT2D eigenvalue weighted by Crippen LogP contribution is -2.36. The highest BCUT2D eigenvalue weighted by Gasteiger charge is 2.25. The van der Waals surface area contributed by atoms with E-state index in [0.29, 0.717) is 24.4 Å². The summed E-state index contributed by atoms with van der Waals surface area (Å²) in [5.74, 6) is 7.47. The van der Waals surface area contributed by atoms with Crippen LogP contribution in [0.3, 0.4) is 0 Å². The second-order valence-electron chi connectivity index (χ2n) is 6.34. The van der Waals surface area contributed by atoms with E-state index in [1.54, 1.807) is 28.8 Å². The van der Waals surface area contributed by atoms with Crippen LogP contribution in [0.5, 0.6) is 0 Å². The van der Waals surface area contributed by atoms with Crippen LogP contribution >= 0.6 is 11.8 Å². The number of rotatable bonds is 4. The van der Waals surface area contributed by atoms with E-state index in [1.165, 1.54) is 12.1 Å². The largest absolute Gasteiger partial charge is 0.322 e. The lowest BCUT2D eigenvalue weighted by Gasteiger charge is -2.29. The fourth-order valence-electron chi connectivity index (χ4n) is 3.06. The molecule has 4 nitrogen and oxygen atoms in total. The Labute approximate surface area is 151 Å². The van der Waals surface area contributed by atoms with Crippen LogP contribution in [-0.4, -0.2) is 59.3 Å². The minimum absolute atomic E-state index is 0.00826. The number of likely N-dealkylation sites (tertiary alicyclic amines) is 1. The number of benzene rings is 1. The second-order valence-corrected chi connectivity index (χ2v) is 7.30. The highest BCUT2D eigenvalue weighted by Crippen LogP contribution is 2.21. The van der Waals surface area contributed by atoms with Gasteiger partial charge in [-0.15, -0.1) is 11.8 Å². The molecule has 6 heteroatoms. The molecule has 2 heterocycles. The molecule has 0 aromatic heterocycles. The van der Waals surface area contributed by atoms with E-state index in [4.69, 9.17) is 0 Å². The van der Waals surface area contributed by atoms with E-state index < -0.39 is 0 Å². The zero-order valence-electron chi connectivity index (χ0n) is 14.0. The lowest BCUT2D eigenvalue weighted by molar-refractivity contribution is -0.126. The van der Waals surface area contributed by atoms with Crippen LogP contribution in [0, 0.1) is 23.6 Å². The van der Waals surface area contributed by atoms with E-state index >= 15 is 0 Å². The van der Waals surface area contributed by atoms with Crippen LogP contribution < -0.4 is 0 Å². The van der Waals surface area contributed by atoms with Gasteiger partial charge in [-0.1, -0.05) is 11.8 Å². The smallest absolute Gasteiger partial charge is 0.234 e. The van der Waals surface area contributed by atoms with Gasteiger partial charge in [-0.05, 0) is 50.2 Å². The van der Waals surface area contributed by atoms with Gasteiger partial charge in [-0.2, -0.15) is 0 Å². The van der Waals surface area contributed by atoms with Gasteiger partial charge in [-0.25, -0.2) is 4.39 Å². The third-order valence-electron chi connectivity index (χ3n) is 4.61. The molecule has 0 spiro atoms. The molecule has 132 valence electrons. The van der Waals surface area contributed by atoms with Crippen molar-refractivity contribution >= 4 is 23.5 Å². The standard InChI is InChI=1S/C19H21FN2O2S/c20-17-5-3-15(4-6-17)19(24)16-7-11-21(12-8-16)9-1-2-10-22-14-25-13-18(22)23/h3-6,16H,7-14H2. The molecule has 3 rings (SSSR count). The lowest BCUT2D eigenvalue weighted by atomic mass is 9.89. The first-order chi connectivity index (χ1) is 12.1. The predicted octanol–water partition coefficient (Wildman–Crippen LogP) is 2.26. The zero-order chi connectivity index (χ0) is 17.6. The molecule has 1 aromatic rings. The molecule has 25 heavy (non-hydrogen) atoms. The highest BCUT2D eigenvalue weighted by molar-refractivity contribution is 8.00. The molecule has 2 fully saturated rings. The van der Waals surface area contributed by atoms with Crippen molar-refractivity contribution in [3.63, 3.8) is 0 Å². The monoisotopic (exact) mass is 360 g/mol.